The smallest absolute Gasteiger partial charge is 0.138 e. The van der Waals surface area contributed by atoms with Gasteiger partial charge in [-0.1, -0.05) is 0 Å². The van der Waals surface area contributed by atoms with Crippen molar-refractivity contribution in [3.63, 3.8) is 0 Å². The predicted molar refractivity (Wildman–Crippen MR) is 67.8 cm³/mol. The van der Waals surface area contributed by atoms with Gasteiger partial charge in [0.1, 0.15) is 29.8 Å². The summed E-state index contributed by atoms with van der Waals surface area (Å²) in [6, 6.07) is 6.70. The molecule has 2 heterocycles. The number of hydrogen-bond donors (Lipinski definition) is 1. The summed E-state index contributed by atoms with van der Waals surface area (Å²) in [5.41, 5.74) is 0.415. The lowest BCUT2D eigenvalue weighted by Crippen LogP contribution is -2.50. The predicted octanol–water partition coefficient (Wildman–Crippen LogP) is 0.666. The second-order valence-corrected chi connectivity index (χ2v) is 5.25. The van der Waals surface area contributed by atoms with Crippen LogP contribution in [0, 0.1) is 11.3 Å². The Hall–Kier alpha value is -2.46. The minimum atomic E-state index is -0.840. The van der Waals surface area contributed by atoms with Crippen LogP contribution in [0.25, 0.3) is 0 Å². The monoisotopic (exact) mass is 271 g/mol. The van der Waals surface area contributed by atoms with E-state index >= 15 is 0 Å². The Labute approximate surface area is 115 Å². The number of aliphatic hydroxyl groups is 1. The molecule has 2 aromatic rings. The minimum Gasteiger partial charge on any atom is -0.485 e. The molecule has 7 heteroatoms. The van der Waals surface area contributed by atoms with Crippen LogP contribution in [0.15, 0.2) is 24.5 Å². The van der Waals surface area contributed by atoms with Gasteiger partial charge in [0, 0.05) is 5.56 Å². The van der Waals surface area contributed by atoms with Crippen molar-refractivity contribution in [2.75, 3.05) is 0 Å². The molecule has 1 aromatic heterocycles. The van der Waals surface area contributed by atoms with Crippen molar-refractivity contribution < 1.29 is 9.84 Å². The summed E-state index contributed by atoms with van der Waals surface area (Å²) < 4.78 is 7.30. The fourth-order valence-electron chi connectivity index (χ4n) is 2.42. The van der Waals surface area contributed by atoms with Gasteiger partial charge in [0.05, 0.1) is 11.6 Å². The van der Waals surface area contributed by atoms with Crippen LogP contribution >= 0.6 is 0 Å². The molecule has 1 N–H and O–H groups in total. The Kier molecular flexibility index (Phi) is 2.69. The molecule has 0 saturated carbocycles. The van der Waals surface area contributed by atoms with Gasteiger partial charge in [0.2, 0.25) is 0 Å². The number of tetrazole rings is 1. The zero-order valence-electron chi connectivity index (χ0n) is 11.1. The van der Waals surface area contributed by atoms with Gasteiger partial charge in [-0.15, -0.1) is 5.10 Å². The summed E-state index contributed by atoms with van der Waals surface area (Å²) in [7, 11) is 0. The lowest BCUT2D eigenvalue weighted by Gasteiger charge is -2.41. The van der Waals surface area contributed by atoms with Crippen LogP contribution in [-0.4, -0.2) is 37.0 Å². The Morgan fingerprint density at radius 1 is 1.45 bits per heavy atom. The molecule has 0 fully saturated rings. The van der Waals surface area contributed by atoms with Gasteiger partial charge in [-0.05, 0) is 42.5 Å². The van der Waals surface area contributed by atoms with E-state index in [0.717, 1.165) is 0 Å². The van der Waals surface area contributed by atoms with Gasteiger partial charge in [-0.3, -0.25) is 0 Å². The Bertz CT molecular complexity index is 675. The number of aliphatic hydroxyl groups excluding tert-OH is 1. The second kappa shape index (κ2) is 4.28. The molecule has 1 aromatic carbocycles. The minimum absolute atomic E-state index is 0.489. The van der Waals surface area contributed by atoms with E-state index in [1.54, 1.807) is 32.0 Å². The van der Waals surface area contributed by atoms with Crippen LogP contribution in [0.3, 0.4) is 0 Å². The van der Waals surface area contributed by atoms with Crippen molar-refractivity contribution >= 4 is 0 Å². The van der Waals surface area contributed by atoms with Crippen molar-refractivity contribution in [3.8, 4) is 11.8 Å². The molecule has 0 unspecified atom stereocenters. The van der Waals surface area contributed by atoms with E-state index in [9.17, 15) is 5.11 Å². The number of benzene rings is 1. The zero-order chi connectivity index (χ0) is 14.3. The summed E-state index contributed by atoms with van der Waals surface area (Å²) in [6.07, 6.45) is 0.602. The molecule has 3 rings (SSSR count). The van der Waals surface area contributed by atoms with Crippen LogP contribution < -0.4 is 4.74 Å². The Morgan fingerprint density at radius 2 is 2.25 bits per heavy atom. The molecule has 7 nitrogen and oxygen atoms in total. The van der Waals surface area contributed by atoms with Crippen LogP contribution in [0.4, 0.5) is 0 Å². The first-order chi connectivity index (χ1) is 9.53. The van der Waals surface area contributed by atoms with Gasteiger partial charge < -0.3 is 9.84 Å². The van der Waals surface area contributed by atoms with Crippen molar-refractivity contribution in [2.45, 2.75) is 31.6 Å². The summed E-state index contributed by atoms with van der Waals surface area (Å²) in [4.78, 5) is 0. The molecule has 102 valence electrons. The third-order valence-corrected chi connectivity index (χ3v) is 3.49. The highest BCUT2D eigenvalue weighted by atomic mass is 16.5. The SMILES string of the molecule is CC1(C)Oc2ccc(C#N)cc2[C@H](n2cnnn2)[C@H]1O. The number of aromatic nitrogens is 4. The van der Waals surface area contributed by atoms with Gasteiger partial charge in [0.25, 0.3) is 0 Å². The van der Waals surface area contributed by atoms with Gasteiger partial charge in [-0.2, -0.15) is 5.26 Å². The highest BCUT2D eigenvalue weighted by Gasteiger charge is 2.44. The maximum absolute atomic E-state index is 10.6. The van der Waals surface area contributed by atoms with Crippen molar-refractivity contribution in [2.24, 2.45) is 0 Å². The third-order valence-electron chi connectivity index (χ3n) is 3.49. The van der Waals surface area contributed by atoms with Crippen molar-refractivity contribution in [3.05, 3.63) is 35.7 Å². The molecular weight excluding hydrogens is 258 g/mol. The first-order valence-corrected chi connectivity index (χ1v) is 6.16. The third kappa shape index (κ3) is 1.82. The molecule has 0 saturated heterocycles. The molecule has 0 amide bonds. The highest BCUT2D eigenvalue weighted by molar-refractivity contribution is 5.46. The van der Waals surface area contributed by atoms with E-state index in [0.29, 0.717) is 16.9 Å². The van der Waals surface area contributed by atoms with E-state index in [1.165, 1.54) is 11.0 Å². The van der Waals surface area contributed by atoms with E-state index in [-0.39, 0.29) is 0 Å². The maximum atomic E-state index is 10.6. The fourth-order valence-corrected chi connectivity index (χ4v) is 2.42. The Balaban J connectivity index is 2.20. The summed E-state index contributed by atoms with van der Waals surface area (Å²) in [6.45, 7) is 3.60. The van der Waals surface area contributed by atoms with Crippen molar-refractivity contribution in [1.29, 1.82) is 5.26 Å². The van der Waals surface area contributed by atoms with E-state index in [4.69, 9.17) is 10.00 Å². The highest BCUT2D eigenvalue weighted by Crippen LogP contribution is 2.41. The molecule has 2 atom stereocenters. The molecule has 1 aliphatic rings. The lowest BCUT2D eigenvalue weighted by molar-refractivity contribution is -0.0661. The number of rotatable bonds is 1. The van der Waals surface area contributed by atoms with Crippen LogP contribution in [-0.2, 0) is 0 Å². The molecular formula is C13H13N5O2. The van der Waals surface area contributed by atoms with Gasteiger partial charge >= 0.3 is 0 Å². The summed E-state index contributed by atoms with van der Waals surface area (Å²) in [5, 5.41) is 30.7. The first-order valence-electron chi connectivity index (χ1n) is 6.16. The first kappa shape index (κ1) is 12.6. The molecule has 0 radical (unpaired) electrons. The average Bonchev–Trinajstić information content (AvgIpc) is 2.93. The van der Waals surface area contributed by atoms with Crippen LogP contribution in [0.2, 0.25) is 0 Å². The molecule has 0 bridgehead atoms. The number of ether oxygens (including phenoxy) is 1. The number of nitriles is 1. The average molecular weight is 271 g/mol. The Morgan fingerprint density at radius 3 is 2.90 bits per heavy atom. The molecule has 0 aliphatic carbocycles. The van der Waals surface area contributed by atoms with Gasteiger partial charge in [-0.25, -0.2) is 4.68 Å². The molecule has 0 spiro atoms. The van der Waals surface area contributed by atoms with Crippen LogP contribution in [0.1, 0.15) is 31.0 Å². The summed E-state index contributed by atoms with van der Waals surface area (Å²) >= 11 is 0. The molecule has 20 heavy (non-hydrogen) atoms. The van der Waals surface area contributed by atoms with E-state index in [2.05, 4.69) is 21.6 Å². The number of fused-ring (bicyclic) bond motifs is 1. The van der Waals surface area contributed by atoms with Gasteiger partial charge in [0.15, 0.2) is 0 Å². The molecule has 1 aliphatic heterocycles. The largest absolute Gasteiger partial charge is 0.485 e. The quantitative estimate of drug-likeness (QED) is 0.818. The standard InChI is InChI=1S/C13H13N5O2/c1-13(2)12(19)11(18-7-15-16-17-18)9-5-8(6-14)3-4-10(9)20-13/h3-5,7,11-12,19H,1-2H3/t11-,12+/m0/s1. The summed E-state index contributed by atoms with van der Waals surface area (Å²) in [5.74, 6) is 0.625. The topological polar surface area (TPSA) is 96.9 Å². The zero-order valence-corrected chi connectivity index (χ0v) is 11.1. The van der Waals surface area contributed by atoms with E-state index < -0.39 is 17.7 Å². The number of hydrogen-bond acceptors (Lipinski definition) is 6. The lowest BCUT2D eigenvalue weighted by atomic mass is 9.86. The number of nitrogens with zero attached hydrogens (tertiary/aromatic N) is 5. The maximum Gasteiger partial charge on any atom is 0.138 e. The van der Waals surface area contributed by atoms with E-state index in [1.807, 2.05) is 0 Å². The normalized spacial score (nSPS) is 23.5. The van der Waals surface area contributed by atoms with Crippen molar-refractivity contribution in [1.82, 2.24) is 20.2 Å². The van der Waals surface area contributed by atoms with Crippen LogP contribution in [0.5, 0.6) is 5.75 Å². The fraction of sp³-hybridized carbons (Fsp3) is 0.385. The second-order valence-electron chi connectivity index (χ2n) is 5.25.